The molecule has 2 rings (SSSR count). The van der Waals surface area contributed by atoms with E-state index in [9.17, 15) is 9.59 Å². The highest BCUT2D eigenvalue weighted by atomic mass is 32.2. The van der Waals surface area contributed by atoms with Crippen molar-refractivity contribution in [2.75, 3.05) is 13.1 Å². The average Bonchev–Trinajstić information content (AvgIpc) is 2.91. The van der Waals surface area contributed by atoms with Crippen molar-refractivity contribution in [1.29, 1.82) is 0 Å². The Kier molecular flexibility index (Phi) is 4.48. The molecule has 104 valence electrons. The van der Waals surface area contributed by atoms with Crippen molar-refractivity contribution in [3.63, 3.8) is 0 Å². The van der Waals surface area contributed by atoms with E-state index in [2.05, 4.69) is 15.5 Å². The second-order valence-corrected chi connectivity index (χ2v) is 5.34. The van der Waals surface area contributed by atoms with Gasteiger partial charge in [0.05, 0.1) is 6.54 Å². The number of tetrazole rings is 1. The fraction of sp³-hybridized carbons (Fsp3) is 0.700. The van der Waals surface area contributed by atoms with E-state index in [4.69, 9.17) is 5.73 Å². The van der Waals surface area contributed by atoms with E-state index in [0.717, 1.165) is 6.42 Å². The minimum absolute atomic E-state index is 0.123. The summed E-state index contributed by atoms with van der Waals surface area (Å²) in [6.07, 6.45) is 0.971. The van der Waals surface area contributed by atoms with Gasteiger partial charge in [-0.15, -0.1) is 5.10 Å². The SMILES string of the molecule is CCCN1C(=O)CC(Sc2nnnn2CCN)C1=O. The summed E-state index contributed by atoms with van der Waals surface area (Å²) in [6.45, 7) is 3.31. The third-order valence-corrected chi connectivity index (χ3v) is 3.89. The molecule has 1 atom stereocenters. The number of carbonyl (C=O) groups excluding carboxylic acids is 2. The zero-order valence-corrected chi connectivity index (χ0v) is 11.5. The molecule has 2 heterocycles. The van der Waals surface area contributed by atoms with Crippen LogP contribution in [0.2, 0.25) is 0 Å². The van der Waals surface area contributed by atoms with Gasteiger partial charge in [0.1, 0.15) is 5.25 Å². The number of carbonyl (C=O) groups is 2. The minimum atomic E-state index is -0.429. The normalized spacial score (nSPS) is 19.5. The van der Waals surface area contributed by atoms with Crippen LogP contribution in [0.15, 0.2) is 5.16 Å². The zero-order valence-electron chi connectivity index (χ0n) is 10.7. The van der Waals surface area contributed by atoms with Gasteiger partial charge < -0.3 is 5.73 Å². The van der Waals surface area contributed by atoms with Crippen molar-refractivity contribution in [3.05, 3.63) is 0 Å². The van der Waals surface area contributed by atoms with E-state index in [1.807, 2.05) is 6.92 Å². The lowest BCUT2D eigenvalue weighted by atomic mass is 10.4. The largest absolute Gasteiger partial charge is 0.329 e. The lowest BCUT2D eigenvalue weighted by Crippen LogP contribution is -2.32. The molecule has 0 aromatic carbocycles. The number of aromatic nitrogens is 4. The topological polar surface area (TPSA) is 107 Å². The van der Waals surface area contributed by atoms with Gasteiger partial charge in [-0.2, -0.15) is 0 Å². The molecule has 2 N–H and O–H groups in total. The molecular formula is C10H16N6O2S. The summed E-state index contributed by atoms with van der Waals surface area (Å²) >= 11 is 1.23. The number of rotatable bonds is 6. The van der Waals surface area contributed by atoms with Gasteiger partial charge in [-0.1, -0.05) is 18.7 Å². The van der Waals surface area contributed by atoms with Gasteiger partial charge in [0.2, 0.25) is 17.0 Å². The molecule has 19 heavy (non-hydrogen) atoms. The number of nitrogens with two attached hydrogens (primary N) is 1. The third-order valence-electron chi connectivity index (χ3n) is 2.74. The Balaban J connectivity index is 2.05. The Hall–Kier alpha value is -1.48. The van der Waals surface area contributed by atoms with E-state index >= 15 is 0 Å². The molecule has 0 bridgehead atoms. The Morgan fingerprint density at radius 1 is 1.42 bits per heavy atom. The predicted molar refractivity (Wildman–Crippen MR) is 68.1 cm³/mol. The quantitative estimate of drug-likeness (QED) is 0.686. The number of nitrogens with zero attached hydrogens (tertiary/aromatic N) is 5. The molecule has 1 saturated heterocycles. The summed E-state index contributed by atoms with van der Waals surface area (Å²) in [5.74, 6) is -0.277. The van der Waals surface area contributed by atoms with Crippen molar-refractivity contribution < 1.29 is 9.59 Å². The Morgan fingerprint density at radius 3 is 2.89 bits per heavy atom. The molecule has 8 nitrogen and oxygen atoms in total. The van der Waals surface area contributed by atoms with Crippen LogP contribution in [0.5, 0.6) is 0 Å². The van der Waals surface area contributed by atoms with Crippen LogP contribution in [0.25, 0.3) is 0 Å². The number of amides is 2. The first-order chi connectivity index (χ1) is 9.17. The summed E-state index contributed by atoms with van der Waals surface area (Å²) in [6, 6.07) is 0. The molecule has 0 aliphatic carbocycles. The van der Waals surface area contributed by atoms with E-state index in [0.29, 0.717) is 24.8 Å². The average molecular weight is 284 g/mol. The van der Waals surface area contributed by atoms with Crippen molar-refractivity contribution >= 4 is 23.6 Å². The Bertz CT molecular complexity index is 476. The van der Waals surface area contributed by atoms with Crippen LogP contribution >= 0.6 is 11.8 Å². The summed E-state index contributed by atoms with van der Waals surface area (Å²) in [5.41, 5.74) is 5.45. The number of hydrogen-bond acceptors (Lipinski definition) is 7. The molecular weight excluding hydrogens is 268 g/mol. The van der Waals surface area contributed by atoms with Gasteiger partial charge in [0.25, 0.3) is 0 Å². The van der Waals surface area contributed by atoms with Crippen molar-refractivity contribution in [1.82, 2.24) is 25.1 Å². The lowest BCUT2D eigenvalue weighted by molar-refractivity contribution is -0.138. The van der Waals surface area contributed by atoms with Crippen molar-refractivity contribution in [3.8, 4) is 0 Å². The van der Waals surface area contributed by atoms with Gasteiger partial charge in [-0.3, -0.25) is 14.5 Å². The molecule has 1 aromatic heterocycles. The van der Waals surface area contributed by atoms with Gasteiger partial charge >= 0.3 is 0 Å². The Labute approximate surface area is 114 Å². The summed E-state index contributed by atoms with van der Waals surface area (Å²) in [5, 5.41) is 11.3. The maximum Gasteiger partial charge on any atom is 0.243 e. The molecule has 1 aliphatic rings. The first-order valence-electron chi connectivity index (χ1n) is 6.14. The smallest absolute Gasteiger partial charge is 0.243 e. The van der Waals surface area contributed by atoms with Gasteiger partial charge in [0, 0.05) is 19.5 Å². The first-order valence-corrected chi connectivity index (χ1v) is 7.02. The van der Waals surface area contributed by atoms with E-state index in [1.165, 1.54) is 16.7 Å². The van der Waals surface area contributed by atoms with E-state index in [-0.39, 0.29) is 18.2 Å². The summed E-state index contributed by atoms with van der Waals surface area (Å²) in [7, 11) is 0. The highest BCUT2D eigenvalue weighted by Crippen LogP contribution is 2.29. The zero-order chi connectivity index (χ0) is 13.8. The minimum Gasteiger partial charge on any atom is -0.329 e. The molecule has 9 heteroatoms. The molecule has 1 fully saturated rings. The van der Waals surface area contributed by atoms with Crippen molar-refractivity contribution in [2.45, 2.75) is 36.7 Å². The number of hydrogen-bond donors (Lipinski definition) is 1. The standard InChI is InChI=1S/C10H16N6O2S/c1-2-4-15-8(17)6-7(9(15)18)19-10-12-13-14-16(10)5-3-11/h7H,2-6,11H2,1H3. The van der Waals surface area contributed by atoms with Gasteiger partial charge in [-0.25, -0.2) is 4.68 Å². The van der Waals surface area contributed by atoms with E-state index in [1.54, 1.807) is 4.68 Å². The maximum absolute atomic E-state index is 12.1. The monoisotopic (exact) mass is 284 g/mol. The molecule has 2 amide bonds. The van der Waals surface area contributed by atoms with Crippen LogP contribution in [0, 0.1) is 0 Å². The second-order valence-electron chi connectivity index (χ2n) is 4.17. The first kappa shape index (κ1) is 13.9. The third kappa shape index (κ3) is 2.92. The highest BCUT2D eigenvalue weighted by molar-refractivity contribution is 8.00. The van der Waals surface area contributed by atoms with E-state index < -0.39 is 5.25 Å². The molecule has 0 spiro atoms. The highest BCUT2D eigenvalue weighted by Gasteiger charge is 2.39. The van der Waals surface area contributed by atoms with Crippen LogP contribution in [-0.2, 0) is 16.1 Å². The molecule has 0 radical (unpaired) electrons. The van der Waals surface area contributed by atoms with Crippen molar-refractivity contribution in [2.24, 2.45) is 5.73 Å². The van der Waals surface area contributed by atoms with Gasteiger partial charge in [-0.05, 0) is 16.8 Å². The van der Waals surface area contributed by atoms with Crippen LogP contribution in [0.3, 0.4) is 0 Å². The fourth-order valence-corrected chi connectivity index (χ4v) is 2.92. The van der Waals surface area contributed by atoms with Crippen LogP contribution < -0.4 is 5.73 Å². The number of imide groups is 1. The molecule has 1 aliphatic heterocycles. The number of thioether (sulfide) groups is 1. The molecule has 1 unspecified atom stereocenters. The molecule has 0 saturated carbocycles. The Morgan fingerprint density at radius 2 is 2.21 bits per heavy atom. The fourth-order valence-electron chi connectivity index (χ4n) is 1.87. The lowest BCUT2D eigenvalue weighted by Gasteiger charge is -2.12. The van der Waals surface area contributed by atoms with Crippen LogP contribution in [0.4, 0.5) is 0 Å². The van der Waals surface area contributed by atoms with Crippen LogP contribution in [0.1, 0.15) is 19.8 Å². The van der Waals surface area contributed by atoms with Crippen LogP contribution in [-0.4, -0.2) is 55.3 Å². The predicted octanol–water partition coefficient (Wildman–Crippen LogP) is -0.739. The maximum atomic E-state index is 12.1. The van der Waals surface area contributed by atoms with Gasteiger partial charge in [0.15, 0.2) is 0 Å². The summed E-state index contributed by atoms with van der Waals surface area (Å²) < 4.78 is 1.55. The summed E-state index contributed by atoms with van der Waals surface area (Å²) in [4.78, 5) is 25.1. The molecule has 1 aromatic rings. The second kappa shape index (κ2) is 6.11. The number of likely N-dealkylation sites (tertiary alicyclic amines) is 1.